The highest BCUT2D eigenvalue weighted by Crippen LogP contribution is 2.20. The molecular weight excluding hydrogens is 364 g/mol. The number of para-hydroxylation sites is 1. The highest BCUT2D eigenvalue weighted by molar-refractivity contribution is 7.90. The number of aromatic nitrogens is 1. The molecule has 1 fully saturated rings. The summed E-state index contributed by atoms with van der Waals surface area (Å²) >= 11 is 0. The van der Waals surface area contributed by atoms with Crippen molar-refractivity contribution in [1.82, 2.24) is 14.8 Å². The topological polar surface area (TPSA) is 82.6 Å². The Balaban J connectivity index is 1.50. The lowest BCUT2D eigenvalue weighted by Crippen LogP contribution is -2.48. The molecule has 2 heterocycles. The molecule has 8 heteroatoms. The Bertz CT molecular complexity index is 879. The number of carbonyl (C=O) groups excluding carboxylic acids is 1. The maximum Gasteiger partial charge on any atom is 0.238 e. The molecule has 0 aliphatic carbocycles. The van der Waals surface area contributed by atoms with Crippen LogP contribution in [0.4, 0.5) is 5.69 Å². The van der Waals surface area contributed by atoms with Crippen LogP contribution in [0.3, 0.4) is 0 Å². The molecule has 3 rings (SSSR count). The summed E-state index contributed by atoms with van der Waals surface area (Å²) in [5.41, 5.74) is 1.37. The highest BCUT2D eigenvalue weighted by atomic mass is 32.2. The number of piperazine rings is 1. The molecule has 144 valence electrons. The molecule has 1 aliphatic heterocycles. The van der Waals surface area contributed by atoms with Crippen LogP contribution >= 0.6 is 0 Å². The van der Waals surface area contributed by atoms with Gasteiger partial charge >= 0.3 is 0 Å². The number of anilines is 1. The van der Waals surface area contributed by atoms with Gasteiger partial charge in [0, 0.05) is 45.2 Å². The third kappa shape index (κ3) is 5.59. The quantitative estimate of drug-likeness (QED) is 0.802. The van der Waals surface area contributed by atoms with Gasteiger partial charge in [0.05, 0.1) is 22.8 Å². The summed E-state index contributed by atoms with van der Waals surface area (Å²) in [4.78, 5) is 21.2. The Labute approximate surface area is 159 Å². The van der Waals surface area contributed by atoms with Gasteiger partial charge in [-0.15, -0.1) is 0 Å². The van der Waals surface area contributed by atoms with Crippen molar-refractivity contribution in [1.29, 1.82) is 0 Å². The molecule has 1 amide bonds. The second-order valence-electron chi connectivity index (χ2n) is 6.69. The minimum absolute atomic E-state index is 0.138. The van der Waals surface area contributed by atoms with Gasteiger partial charge in [-0.1, -0.05) is 18.2 Å². The van der Waals surface area contributed by atoms with E-state index in [1.54, 1.807) is 24.4 Å². The number of carbonyl (C=O) groups is 1. The fourth-order valence-corrected chi connectivity index (χ4v) is 3.96. The van der Waals surface area contributed by atoms with Crippen LogP contribution < -0.4 is 5.32 Å². The zero-order chi connectivity index (χ0) is 19.3. The summed E-state index contributed by atoms with van der Waals surface area (Å²) < 4.78 is 23.7. The van der Waals surface area contributed by atoms with E-state index in [9.17, 15) is 13.2 Å². The largest absolute Gasteiger partial charge is 0.324 e. The van der Waals surface area contributed by atoms with Gasteiger partial charge in [0.2, 0.25) is 5.91 Å². The lowest BCUT2D eigenvalue weighted by Gasteiger charge is -2.34. The smallest absolute Gasteiger partial charge is 0.238 e. The standard InChI is InChI=1S/C19H24N4O3S/c1-27(25,26)18-8-3-2-7-17(18)21-19(24)15-23-12-10-22(11-13-23)14-16-6-4-5-9-20-16/h2-9H,10-15H2,1H3,(H,21,24). The molecule has 1 aromatic heterocycles. The van der Waals surface area contributed by atoms with Crippen LogP contribution in [0, 0.1) is 0 Å². The fraction of sp³-hybridized carbons (Fsp3) is 0.368. The minimum Gasteiger partial charge on any atom is -0.324 e. The van der Waals surface area contributed by atoms with Gasteiger partial charge in [-0.25, -0.2) is 8.42 Å². The first kappa shape index (κ1) is 19.5. The lowest BCUT2D eigenvalue weighted by atomic mass is 10.2. The van der Waals surface area contributed by atoms with Crippen molar-refractivity contribution >= 4 is 21.4 Å². The number of hydrogen-bond acceptors (Lipinski definition) is 6. The van der Waals surface area contributed by atoms with Crippen molar-refractivity contribution in [2.75, 3.05) is 44.3 Å². The minimum atomic E-state index is -3.39. The number of hydrogen-bond donors (Lipinski definition) is 1. The monoisotopic (exact) mass is 388 g/mol. The first-order valence-corrected chi connectivity index (χ1v) is 10.7. The summed E-state index contributed by atoms with van der Waals surface area (Å²) in [5, 5.41) is 2.73. The maximum atomic E-state index is 12.4. The number of nitrogens with one attached hydrogen (secondary N) is 1. The SMILES string of the molecule is CS(=O)(=O)c1ccccc1NC(=O)CN1CCN(Cc2ccccn2)CC1. The summed E-state index contributed by atoms with van der Waals surface area (Å²) in [5.74, 6) is -0.204. The zero-order valence-electron chi connectivity index (χ0n) is 15.3. The van der Waals surface area contributed by atoms with E-state index in [4.69, 9.17) is 0 Å². The van der Waals surface area contributed by atoms with Crippen molar-refractivity contribution in [3.05, 3.63) is 54.4 Å². The van der Waals surface area contributed by atoms with Crippen LogP contribution in [0.25, 0.3) is 0 Å². The van der Waals surface area contributed by atoms with Crippen LogP contribution in [0.1, 0.15) is 5.69 Å². The molecule has 7 nitrogen and oxygen atoms in total. The van der Waals surface area contributed by atoms with E-state index in [2.05, 4.69) is 20.1 Å². The van der Waals surface area contributed by atoms with E-state index < -0.39 is 9.84 Å². The molecule has 1 N–H and O–H groups in total. The Hall–Kier alpha value is -2.29. The Morgan fingerprint density at radius 3 is 2.37 bits per heavy atom. The van der Waals surface area contributed by atoms with Gasteiger partial charge in [0.25, 0.3) is 0 Å². The average molecular weight is 388 g/mol. The van der Waals surface area contributed by atoms with Crippen LogP contribution in [0.15, 0.2) is 53.6 Å². The van der Waals surface area contributed by atoms with Crippen LogP contribution in [-0.2, 0) is 21.2 Å². The fourth-order valence-electron chi connectivity index (χ4n) is 3.11. The van der Waals surface area contributed by atoms with E-state index in [1.807, 2.05) is 18.2 Å². The normalized spacial score (nSPS) is 16.2. The van der Waals surface area contributed by atoms with Gasteiger partial charge in [0.1, 0.15) is 0 Å². The van der Waals surface area contributed by atoms with E-state index in [0.717, 1.165) is 44.7 Å². The Morgan fingerprint density at radius 2 is 1.70 bits per heavy atom. The molecule has 27 heavy (non-hydrogen) atoms. The predicted octanol–water partition coefficient (Wildman–Crippen LogP) is 1.24. The number of nitrogens with zero attached hydrogens (tertiary/aromatic N) is 3. The number of sulfone groups is 1. The summed E-state index contributed by atoms with van der Waals surface area (Å²) in [6, 6.07) is 12.4. The number of benzene rings is 1. The van der Waals surface area contributed by atoms with Crippen molar-refractivity contribution in [2.45, 2.75) is 11.4 Å². The van der Waals surface area contributed by atoms with Crippen LogP contribution in [-0.4, -0.2) is 68.1 Å². The summed E-state index contributed by atoms with van der Waals surface area (Å²) in [7, 11) is -3.39. The van der Waals surface area contributed by atoms with Gasteiger partial charge in [-0.3, -0.25) is 19.6 Å². The van der Waals surface area contributed by atoms with Crippen molar-refractivity contribution < 1.29 is 13.2 Å². The van der Waals surface area contributed by atoms with Crippen LogP contribution in [0.5, 0.6) is 0 Å². The molecule has 2 aromatic rings. The molecule has 1 aromatic carbocycles. The summed E-state index contributed by atoms with van der Waals surface area (Å²) in [6.07, 6.45) is 2.93. The highest BCUT2D eigenvalue weighted by Gasteiger charge is 2.20. The zero-order valence-corrected chi connectivity index (χ0v) is 16.2. The van der Waals surface area contributed by atoms with E-state index >= 15 is 0 Å². The first-order chi connectivity index (χ1) is 12.9. The van der Waals surface area contributed by atoms with E-state index in [1.165, 1.54) is 6.07 Å². The van der Waals surface area contributed by atoms with E-state index in [-0.39, 0.29) is 17.3 Å². The third-order valence-corrected chi connectivity index (χ3v) is 5.66. The van der Waals surface area contributed by atoms with Crippen LogP contribution in [0.2, 0.25) is 0 Å². The Morgan fingerprint density at radius 1 is 1.04 bits per heavy atom. The second kappa shape index (κ2) is 8.60. The van der Waals surface area contributed by atoms with Gasteiger partial charge in [-0.05, 0) is 24.3 Å². The number of pyridine rings is 1. The molecule has 0 radical (unpaired) electrons. The average Bonchev–Trinajstić information content (AvgIpc) is 2.64. The molecule has 1 aliphatic rings. The molecule has 0 atom stereocenters. The maximum absolute atomic E-state index is 12.4. The van der Waals surface area contributed by atoms with Gasteiger partial charge < -0.3 is 5.32 Å². The summed E-state index contributed by atoms with van der Waals surface area (Å²) in [6.45, 7) is 4.35. The van der Waals surface area contributed by atoms with Crippen molar-refractivity contribution in [2.24, 2.45) is 0 Å². The Kier molecular flexibility index (Phi) is 6.20. The molecule has 0 spiro atoms. The second-order valence-corrected chi connectivity index (χ2v) is 8.67. The molecule has 1 saturated heterocycles. The molecule has 0 bridgehead atoms. The van der Waals surface area contributed by atoms with E-state index in [0.29, 0.717) is 5.69 Å². The molecular formula is C19H24N4O3S. The lowest BCUT2D eigenvalue weighted by molar-refractivity contribution is -0.117. The third-order valence-electron chi connectivity index (χ3n) is 4.50. The van der Waals surface area contributed by atoms with Gasteiger partial charge in [-0.2, -0.15) is 0 Å². The number of amides is 1. The van der Waals surface area contributed by atoms with Crippen molar-refractivity contribution in [3.8, 4) is 0 Å². The van der Waals surface area contributed by atoms with Crippen molar-refractivity contribution in [3.63, 3.8) is 0 Å². The predicted molar refractivity (Wildman–Crippen MR) is 104 cm³/mol. The molecule has 0 unspecified atom stereocenters. The first-order valence-electron chi connectivity index (χ1n) is 8.85. The molecule has 0 saturated carbocycles. The number of rotatable bonds is 6. The van der Waals surface area contributed by atoms with Gasteiger partial charge in [0.15, 0.2) is 9.84 Å².